The number of hydrogen-bond donors (Lipinski definition) is 1. The lowest BCUT2D eigenvalue weighted by Crippen LogP contribution is -2.27. The molecule has 0 amide bonds. The SMILES string of the molecule is COC(=O)C(C)Nc1ccc(C(C)=O)nc1. The van der Waals surface area contributed by atoms with Gasteiger partial charge in [0, 0.05) is 6.92 Å². The van der Waals surface area contributed by atoms with Crippen molar-refractivity contribution in [2.75, 3.05) is 12.4 Å². The van der Waals surface area contributed by atoms with Gasteiger partial charge >= 0.3 is 5.97 Å². The van der Waals surface area contributed by atoms with Crippen LogP contribution in [0.3, 0.4) is 0 Å². The molecule has 0 saturated carbocycles. The van der Waals surface area contributed by atoms with Crippen LogP contribution in [0.15, 0.2) is 18.3 Å². The summed E-state index contributed by atoms with van der Waals surface area (Å²) in [4.78, 5) is 26.1. The number of nitrogens with one attached hydrogen (secondary N) is 1. The summed E-state index contributed by atoms with van der Waals surface area (Å²) in [5.41, 5.74) is 1.07. The molecule has 0 aliphatic rings. The first-order valence-electron chi connectivity index (χ1n) is 4.86. The molecule has 0 aliphatic heterocycles. The Labute approximate surface area is 93.8 Å². The first-order valence-corrected chi connectivity index (χ1v) is 4.86. The largest absolute Gasteiger partial charge is 0.467 e. The van der Waals surface area contributed by atoms with E-state index in [1.54, 1.807) is 19.1 Å². The van der Waals surface area contributed by atoms with E-state index >= 15 is 0 Å². The van der Waals surface area contributed by atoms with E-state index in [1.807, 2.05) is 0 Å². The third kappa shape index (κ3) is 3.05. The van der Waals surface area contributed by atoms with E-state index in [0.717, 1.165) is 0 Å². The van der Waals surface area contributed by atoms with Gasteiger partial charge in [-0.25, -0.2) is 4.79 Å². The van der Waals surface area contributed by atoms with E-state index in [9.17, 15) is 9.59 Å². The van der Waals surface area contributed by atoms with E-state index in [2.05, 4.69) is 15.0 Å². The number of pyridine rings is 1. The molecule has 1 N–H and O–H groups in total. The van der Waals surface area contributed by atoms with Crippen molar-refractivity contribution in [3.05, 3.63) is 24.0 Å². The fourth-order valence-electron chi connectivity index (χ4n) is 1.17. The van der Waals surface area contributed by atoms with Crippen molar-refractivity contribution >= 4 is 17.4 Å². The number of rotatable bonds is 4. The first kappa shape index (κ1) is 12.2. The van der Waals surface area contributed by atoms with Gasteiger partial charge in [0.2, 0.25) is 0 Å². The van der Waals surface area contributed by atoms with Gasteiger partial charge in [0.1, 0.15) is 11.7 Å². The molecule has 0 aliphatic carbocycles. The Hall–Kier alpha value is -1.91. The quantitative estimate of drug-likeness (QED) is 0.613. The van der Waals surface area contributed by atoms with Crippen LogP contribution in [0, 0.1) is 0 Å². The molecule has 0 spiro atoms. The van der Waals surface area contributed by atoms with Crippen molar-refractivity contribution in [2.45, 2.75) is 19.9 Å². The molecule has 5 nitrogen and oxygen atoms in total. The molecule has 0 radical (unpaired) electrons. The topological polar surface area (TPSA) is 68.3 Å². The van der Waals surface area contributed by atoms with E-state index in [0.29, 0.717) is 11.4 Å². The Morgan fingerprint density at radius 3 is 2.56 bits per heavy atom. The van der Waals surface area contributed by atoms with Gasteiger partial charge in [-0.05, 0) is 19.1 Å². The molecule has 0 aromatic carbocycles. The summed E-state index contributed by atoms with van der Waals surface area (Å²) in [5, 5.41) is 2.91. The Morgan fingerprint density at radius 2 is 2.12 bits per heavy atom. The second-order valence-corrected chi connectivity index (χ2v) is 3.38. The smallest absolute Gasteiger partial charge is 0.327 e. The fourth-order valence-corrected chi connectivity index (χ4v) is 1.17. The van der Waals surface area contributed by atoms with Gasteiger partial charge in [-0.3, -0.25) is 9.78 Å². The number of ether oxygens (including phenoxy) is 1. The van der Waals surface area contributed by atoms with Crippen LogP contribution in [0.2, 0.25) is 0 Å². The molecular weight excluding hydrogens is 208 g/mol. The molecule has 1 aromatic heterocycles. The number of carbonyl (C=O) groups excluding carboxylic acids is 2. The van der Waals surface area contributed by atoms with E-state index in [1.165, 1.54) is 20.2 Å². The summed E-state index contributed by atoms with van der Waals surface area (Å²) < 4.78 is 4.57. The fraction of sp³-hybridized carbons (Fsp3) is 0.364. The minimum atomic E-state index is -0.449. The number of methoxy groups -OCH3 is 1. The number of nitrogens with zero attached hydrogens (tertiary/aromatic N) is 1. The molecule has 16 heavy (non-hydrogen) atoms. The van der Waals surface area contributed by atoms with Crippen molar-refractivity contribution < 1.29 is 14.3 Å². The lowest BCUT2D eigenvalue weighted by molar-refractivity contribution is -0.141. The maximum absolute atomic E-state index is 11.1. The van der Waals surface area contributed by atoms with Crippen molar-refractivity contribution in [3.8, 4) is 0 Å². The van der Waals surface area contributed by atoms with E-state index in [4.69, 9.17) is 0 Å². The molecule has 1 rings (SSSR count). The molecule has 0 saturated heterocycles. The van der Waals surface area contributed by atoms with Gasteiger partial charge in [-0.2, -0.15) is 0 Å². The maximum Gasteiger partial charge on any atom is 0.327 e. The summed E-state index contributed by atoms with van der Waals surface area (Å²) in [6.45, 7) is 3.14. The van der Waals surface area contributed by atoms with Gasteiger partial charge in [-0.1, -0.05) is 0 Å². The molecule has 1 aromatic rings. The van der Waals surface area contributed by atoms with Crippen molar-refractivity contribution in [1.82, 2.24) is 4.98 Å². The summed E-state index contributed by atoms with van der Waals surface area (Å²) in [7, 11) is 1.33. The highest BCUT2D eigenvalue weighted by molar-refractivity contribution is 5.92. The summed E-state index contributed by atoms with van der Waals surface area (Å²) in [6, 6.07) is 2.85. The molecule has 0 fully saturated rings. The zero-order chi connectivity index (χ0) is 12.1. The Morgan fingerprint density at radius 1 is 1.44 bits per heavy atom. The number of carbonyl (C=O) groups is 2. The first-order chi connectivity index (χ1) is 7.54. The van der Waals surface area contributed by atoms with Crippen LogP contribution in [-0.4, -0.2) is 29.9 Å². The highest BCUT2D eigenvalue weighted by Gasteiger charge is 2.12. The second kappa shape index (κ2) is 5.25. The zero-order valence-corrected chi connectivity index (χ0v) is 9.48. The molecular formula is C11H14N2O3. The lowest BCUT2D eigenvalue weighted by atomic mass is 10.2. The van der Waals surface area contributed by atoms with Crippen molar-refractivity contribution in [1.29, 1.82) is 0 Å². The predicted molar refractivity (Wildman–Crippen MR) is 59.3 cm³/mol. The highest BCUT2D eigenvalue weighted by Crippen LogP contribution is 2.08. The Balaban J connectivity index is 2.68. The molecule has 86 valence electrons. The van der Waals surface area contributed by atoms with E-state index < -0.39 is 6.04 Å². The van der Waals surface area contributed by atoms with Crippen LogP contribution in [0.5, 0.6) is 0 Å². The van der Waals surface area contributed by atoms with Crippen molar-refractivity contribution in [3.63, 3.8) is 0 Å². The number of esters is 1. The summed E-state index contributed by atoms with van der Waals surface area (Å²) >= 11 is 0. The number of ketones is 1. The number of Topliss-reactive ketones (excluding diaryl/α,β-unsaturated/α-hetero) is 1. The Kier molecular flexibility index (Phi) is 3.99. The third-order valence-electron chi connectivity index (χ3n) is 2.06. The molecule has 1 unspecified atom stereocenters. The van der Waals surface area contributed by atoms with Gasteiger partial charge in [-0.15, -0.1) is 0 Å². The molecule has 0 bridgehead atoms. The minimum Gasteiger partial charge on any atom is -0.467 e. The molecule has 1 atom stereocenters. The normalized spacial score (nSPS) is 11.7. The van der Waals surface area contributed by atoms with Crippen LogP contribution < -0.4 is 5.32 Å². The van der Waals surface area contributed by atoms with Crippen molar-refractivity contribution in [2.24, 2.45) is 0 Å². The minimum absolute atomic E-state index is 0.0902. The Bertz CT molecular complexity index is 387. The van der Waals surface area contributed by atoms with Gasteiger partial charge in [0.15, 0.2) is 5.78 Å². The van der Waals surface area contributed by atoms with Gasteiger partial charge in [0.05, 0.1) is 19.0 Å². The van der Waals surface area contributed by atoms with Crippen LogP contribution in [0.1, 0.15) is 24.3 Å². The average molecular weight is 222 g/mol. The van der Waals surface area contributed by atoms with Crippen LogP contribution in [-0.2, 0) is 9.53 Å². The predicted octanol–water partition coefficient (Wildman–Crippen LogP) is 1.26. The number of anilines is 1. The maximum atomic E-state index is 11.1. The molecule has 1 heterocycles. The summed E-state index contributed by atoms with van der Waals surface area (Å²) in [6.07, 6.45) is 1.51. The molecule has 5 heteroatoms. The van der Waals surface area contributed by atoms with Crippen LogP contribution in [0.25, 0.3) is 0 Å². The summed E-state index contributed by atoms with van der Waals surface area (Å²) in [5.74, 6) is -0.441. The number of hydrogen-bond acceptors (Lipinski definition) is 5. The van der Waals surface area contributed by atoms with Gasteiger partial charge < -0.3 is 10.1 Å². The van der Waals surface area contributed by atoms with E-state index in [-0.39, 0.29) is 11.8 Å². The highest BCUT2D eigenvalue weighted by atomic mass is 16.5. The third-order valence-corrected chi connectivity index (χ3v) is 2.06. The lowest BCUT2D eigenvalue weighted by Gasteiger charge is -2.12. The average Bonchev–Trinajstić information content (AvgIpc) is 2.28. The standard InChI is InChI=1S/C11H14N2O3/c1-7(11(15)16-3)13-9-4-5-10(8(2)14)12-6-9/h4-7,13H,1-3H3. The van der Waals surface area contributed by atoms with Gasteiger partial charge in [0.25, 0.3) is 0 Å². The monoisotopic (exact) mass is 222 g/mol. The second-order valence-electron chi connectivity index (χ2n) is 3.38. The van der Waals surface area contributed by atoms with Crippen LogP contribution in [0.4, 0.5) is 5.69 Å². The van der Waals surface area contributed by atoms with Crippen LogP contribution >= 0.6 is 0 Å². The number of aromatic nitrogens is 1. The zero-order valence-electron chi connectivity index (χ0n) is 9.48.